The molecule has 0 unspecified atom stereocenters. The number of thiol groups is 2. The zero-order valence-corrected chi connectivity index (χ0v) is 4.64. The molecule has 0 saturated carbocycles. The molecule has 0 heterocycles. The number of halogens is 1. The average molecular weight is 125 g/mol. The van der Waals surface area contributed by atoms with Crippen molar-refractivity contribution in [2.45, 2.75) is 0 Å². The van der Waals surface area contributed by atoms with Crippen LogP contribution in [0, 0.1) is 0 Å². The summed E-state index contributed by atoms with van der Waals surface area (Å²) in [7, 11) is 0. The molecule has 0 aliphatic carbocycles. The minimum atomic E-state index is -0.579. The van der Waals surface area contributed by atoms with Crippen molar-refractivity contribution < 1.29 is 4.39 Å². The first kappa shape index (κ1) is 6.17. The largest absolute Gasteiger partial charge is 0.336 e. The lowest BCUT2D eigenvalue weighted by atomic mass is 11.0. The smallest absolute Gasteiger partial charge is 0.169 e. The third kappa shape index (κ3) is 4.17. The lowest BCUT2D eigenvalue weighted by Gasteiger charge is -1.79. The fraction of sp³-hybridized carbons (Fsp3) is 0. The van der Waals surface area contributed by atoms with E-state index in [1.165, 1.54) is 0 Å². The zero-order valence-electron chi connectivity index (χ0n) is 2.85. The molecule has 0 radical (unpaired) electrons. The molecule has 1 N–H and O–H groups in total. The van der Waals surface area contributed by atoms with Gasteiger partial charge in [-0.05, 0) is 0 Å². The van der Waals surface area contributed by atoms with E-state index in [2.05, 4.69) is 30.2 Å². The van der Waals surface area contributed by atoms with Crippen LogP contribution in [0.1, 0.15) is 0 Å². The van der Waals surface area contributed by atoms with Gasteiger partial charge in [0.15, 0.2) is 5.16 Å². The minimum Gasteiger partial charge on any atom is -0.336 e. The van der Waals surface area contributed by atoms with Crippen molar-refractivity contribution in [2.75, 3.05) is 0 Å². The summed E-state index contributed by atoms with van der Waals surface area (Å²) in [6.07, 6.45) is 1.02. The van der Waals surface area contributed by atoms with Crippen LogP contribution in [-0.2, 0) is 0 Å². The van der Waals surface area contributed by atoms with E-state index >= 15 is 0 Å². The van der Waals surface area contributed by atoms with Crippen molar-refractivity contribution in [1.29, 1.82) is 0 Å². The van der Waals surface area contributed by atoms with Crippen LogP contribution in [0.5, 0.6) is 0 Å². The molecule has 0 bridgehead atoms. The van der Waals surface area contributed by atoms with Gasteiger partial charge in [-0.3, -0.25) is 0 Å². The van der Waals surface area contributed by atoms with Crippen LogP contribution in [0.25, 0.3) is 0 Å². The molecule has 0 fully saturated rings. The summed E-state index contributed by atoms with van der Waals surface area (Å²) >= 11 is 6.71. The predicted molar refractivity (Wildman–Crippen MR) is 30.3 cm³/mol. The fourth-order valence-electron chi connectivity index (χ4n) is 0.0533. The molecule has 0 rings (SSSR count). The molecule has 1 nitrogen and oxygen atoms in total. The van der Waals surface area contributed by atoms with Crippen molar-refractivity contribution in [1.82, 2.24) is 4.72 Å². The highest BCUT2D eigenvalue weighted by molar-refractivity contribution is 7.84. The van der Waals surface area contributed by atoms with Gasteiger partial charge in [-0.1, -0.05) is 12.8 Å². The molecule has 0 saturated heterocycles. The Morgan fingerprint density at radius 2 is 2.33 bits per heavy atom. The molecular formula is C2H4FNS2. The molecule has 0 aromatic heterocycles. The van der Waals surface area contributed by atoms with Crippen molar-refractivity contribution in [3.8, 4) is 0 Å². The van der Waals surface area contributed by atoms with Crippen LogP contribution < -0.4 is 4.72 Å². The number of rotatable bonds is 1. The standard InChI is InChI=1S/C2H4FNS2/c3-2(5)1-4-6/h1,4-6H/b2-1-. The quantitative estimate of drug-likeness (QED) is 0.446. The van der Waals surface area contributed by atoms with E-state index in [1.54, 1.807) is 0 Å². The Balaban J connectivity index is 3.14. The van der Waals surface area contributed by atoms with Gasteiger partial charge in [0.25, 0.3) is 0 Å². The van der Waals surface area contributed by atoms with Crippen LogP contribution in [0.2, 0.25) is 0 Å². The van der Waals surface area contributed by atoms with Gasteiger partial charge in [-0.25, -0.2) is 0 Å². The van der Waals surface area contributed by atoms with Gasteiger partial charge >= 0.3 is 0 Å². The van der Waals surface area contributed by atoms with Crippen LogP contribution >= 0.6 is 25.4 Å². The number of nitrogens with one attached hydrogen (secondary N) is 1. The summed E-state index contributed by atoms with van der Waals surface area (Å²) in [5.41, 5.74) is 0. The van der Waals surface area contributed by atoms with Crippen molar-refractivity contribution in [3.63, 3.8) is 0 Å². The van der Waals surface area contributed by atoms with Gasteiger partial charge in [-0.2, -0.15) is 4.39 Å². The highest BCUT2D eigenvalue weighted by atomic mass is 32.1. The van der Waals surface area contributed by atoms with Crippen molar-refractivity contribution in [3.05, 3.63) is 11.4 Å². The molecule has 0 spiro atoms. The van der Waals surface area contributed by atoms with Gasteiger partial charge in [0.2, 0.25) is 0 Å². The Morgan fingerprint density at radius 1 is 1.83 bits per heavy atom. The van der Waals surface area contributed by atoms with Gasteiger partial charge in [-0.15, -0.1) is 12.6 Å². The molecule has 0 aromatic rings. The normalized spacial score (nSPS) is 11.5. The third-order valence-corrected chi connectivity index (χ3v) is 0.442. The SMILES string of the molecule is F/C(S)=C/NS. The van der Waals surface area contributed by atoms with Crippen molar-refractivity contribution >= 4 is 25.4 Å². The summed E-state index contributed by atoms with van der Waals surface area (Å²) in [4.78, 5) is 0. The molecule has 0 amide bonds. The molecule has 4 heteroatoms. The predicted octanol–water partition coefficient (Wildman–Crippen LogP) is 1.12. The van der Waals surface area contributed by atoms with Crippen LogP contribution in [0.3, 0.4) is 0 Å². The van der Waals surface area contributed by atoms with E-state index in [9.17, 15) is 4.39 Å². The summed E-state index contributed by atoms with van der Waals surface area (Å²) < 4.78 is 13.5. The Bertz CT molecular complexity index is 58.6. The maximum atomic E-state index is 11.3. The summed E-state index contributed by atoms with van der Waals surface area (Å²) in [5.74, 6) is 0. The molecule has 6 heavy (non-hydrogen) atoms. The Hall–Kier alpha value is 0.170. The Kier molecular flexibility index (Phi) is 3.46. The lowest BCUT2D eigenvalue weighted by Crippen LogP contribution is -1.79. The van der Waals surface area contributed by atoms with E-state index in [-0.39, 0.29) is 0 Å². The molecule has 36 valence electrons. The van der Waals surface area contributed by atoms with E-state index < -0.39 is 5.16 Å². The van der Waals surface area contributed by atoms with Gasteiger partial charge in [0, 0.05) is 6.20 Å². The molecule has 0 aliphatic rings. The summed E-state index contributed by atoms with van der Waals surface area (Å²) in [6.45, 7) is 0. The topological polar surface area (TPSA) is 12.0 Å². The Morgan fingerprint density at radius 3 is 2.33 bits per heavy atom. The number of hydrogen-bond donors (Lipinski definition) is 3. The average Bonchev–Trinajstić information content (AvgIpc) is 1.35. The fourth-order valence-corrected chi connectivity index (χ4v) is 0.333. The van der Waals surface area contributed by atoms with Crippen molar-refractivity contribution in [2.24, 2.45) is 0 Å². The maximum absolute atomic E-state index is 11.3. The van der Waals surface area contributed by atoms with E-state index in [1.807, 2.05) is 0 Å². The first-order valence-corrected chi connectivity index (χ1v) is 2.11. The van der Waals surface area contributed by atoms with E-state index in [0.29, 0.717) is 0 Å². The zero-order chi connectivity index (χ0) is 4.99. The molecule has 0 atom stereocenters. The first-order chi connectivity index (χ1) is 2.77. The lowest BCUT2D eigenvalue weighted by molar-refractivity contribution is 0.697. The van der Waals surface area contributed by atoms with Crippen LogP contribution in [-0.4, -0.2) is 0 Å². The first-order valence-electron chi connectivity index (χ1n) is 1.21. The number of hydrogen-bond acceptors (Lipinski definition) is 3. The van der Waals surface area contributed by atoms with Gasteiger partial charge in [0.1, 0.15) is 0 Å². The van der Waals surface area contributed by atoms with Gasteiger partial charge < -0.3 is 4.72 Å². The third-order valence-electron chi connectivity index (χ3n) is 0.184. The van der Waals surface area contributed by atoms with E-state index in [4.69, 9.17) is 0 Å². The summed E-state index contributed by atoms with van der Waals surface area (Å²) in [6, 6.07) is 0. The second-order valence-electron chi connectivity index (χ2n) is 0.596. The minimum absolute atomic E-state index is 0.579. The highest BCUT2D eigenvalue weighted by Gasteiger charge is 1.73. The van der Waals surface area contributed by atoms with Crippen LogP contribution in [0.15, 0.2) is 11.4 Å². The van der Waals surface area contributed by atoms with Gasteiger partial charge in [0.05, 0.1) is 0 Å². The maximum Gasteiger partial charge on any atom is 0.169 e. The second-order valence-corrected chi connectivity index (χ2v) is 1.28. The Labute approximate surface area is 46.6 Å². The molecule has 0 aliphatic heterocycles. The summed E-state index contributed by atoms with van der Waals surface area (Å²) in [5, 5.41) is -0.579. The van der Waals surface area contributed by atoms with E-state index in [0.717, 1.165) is 6.20 Å². The molecular weight excluding hydrogens is 121 g/mol. The van der Waals surface area contributed by atoms with Crippen LogP contribution in [0.4, 0.5) is 4.39 Å². The monoisotopic (exact) mass is 125 g/mol. The second kappa shape index (κ2) is 3.36. The highest BCUT2D eigenvalue weighted by Crippen LogP contribution is 1.96. The molecule has 0 aromatic carbocycles.